The van der Waals surface area contributed by atoms with Crippen LogP contribution in [0.2, 0.25) is 0 Å². The van der Waals surface area contributed by atoms with E-state index < -0.39 is 11.7 Å². The first-order valence-corrected chi connectivity index (χ1v) is 7.25. The molecular weight excluding hydrogens is 275 g/mol. The van der Waals surface area contributed by atoms with Crippen LogP contribution >= 0.6 is 0 Å². The van der Waals surface area contributed by atoms with Crippen LogP contribution in [0, 0.1) is 5.41 Å². The molecule has 1 N–H and O–H groups in total. The first-order chi connectivity index (χ1) is 9.59. The summed E-state index contributed by atoms with van der Waals surface area (Å²) >= 11 is 0. The monoisotopic (exact) mass is 297 g/mol. The highest BCUT2D eigenvalue weighted by Crippen LogP contribution is 2.37. The summed E-state index contributed by atoms with van der Waals surface area (Å²) in [6.45, 7) is 8.64. The number of hydrogen-bond donors (Lipinski definition) is 1. The standard InChI is InChI=1S/C17H22F3N/c1-11(16(2,3)4)21-15-10-9-14(15)12-5-7-13(8-6-12)17(18,19)20/h5-8,11,21H,9-10H2,1-4H3. The van der Waals surface area contributed by atoms with Crippen molar-refractivity contribution in [2.75, 3.05) is 0 Å². The predicted octanol–water partition coefficient (Wildman–Crippen LogP) is 5.23. The van der Waals surface area contributed by atoms with Gasteiger partial charge in [0.25, 0.3) is 0 Å². The van der Waals surface area contributed by atoms with Crippen LogP contribution in [0.4, 0.5) is 13.2 Å². The third kappa shape index (κ3) is 3.60. The Morgan fingerprint density at radius 1 is 1.00 bits per heavy atom. The number of allylic oxidation sites excluding steroid dienone is 2. The van der Waals surface area contributed by atoms with E-state index in [4.69, 9.17) is 0 Å². The minimum absolute atomic E-state index is 0.147. The minimum Gasteiger partial charge on any atom is -0.385 e. The summed E-state index contributed by atoms with van der Waals surface area (Å²) in [5.41, 5.74) is 2.74. The average molecular weight is 297 g/mol. The van der Waals surface area contributed by atoms with Gasteiger partial charge in [-0.3, -0.25) is 0 Å². The van der Waals surface area contributed by atoms with Gasteiger partial charge in [-0.25, -0.2) is 0 Å². The molecule has 1 aliphatic carbocycles. The van der Waals surface area contributed by atoms with Gasteiger partial charge in [0.2, 0.25) is 0 Å². The Morgan fingerprint density at radius 3 is 1.95 bits per heavy atom. The van der Waals surface area contributed by atoms with Crippen LogP contribution in [0.1, 0.15) is 51.7 Å². The summed E-state index contributed by atoms with van der Waals surface area (Å²) < 4.78 is 37.7. The maximum atomic E-state index is 12.6. The van der Waals surface area contributed by atoms with Crippen molar-refractivity contribution in [1.29, 1.82) is 0 Å². The molecule has 0 bridgehead atoms. The summed E-state index contributed by atoms with van der Waals surface area (Å²) in [5.74, 6) is 0. The van der Waals surface area contributed by atoms with E-state index in [1.807, 2.05) is 0 Å². The zero-order valence-corrected chi connectivity index (χ0v) is 12.9. The Morgan fingerprint density at radius 2 is 1.57 bits per heavy atom. The highest BCUT2D eigenvalue weighted by molar-refractivity contribution is 5.73. The lowest BCUT2D eigenvalue weighted by Gasteiger charge is -2.34. The van der Waals surface area contributed by atoms with Gasteiger partial charge in [-0.05, 0) is 48.4 Å². The molecule has 0 heterocycles. The molecule has 4 heteroatoms. The summed E-state index contributed by atoms with van der Waals surface area (Å²) in [5, 5.41) is 3.51. The second kappa shape index (κ2) is 5.39. The van der Waals surface area contributed by atoms with Crippen molar-refractivity contribution in [2.24, 2.45) is 5.41 Å². The fourth-order valence-corrected chi connectivity index (χ4v) is 2.19. The molecule has 116 valence electrons. The predicted molar refractivity (Wildman–Crippen MR) is 79.7 cm³/mol. The number of hydrogen-bond acceptors (Lipinski definition) is 1. The van der Waals surface area contributed by atoms with Crippen molar-refractivity contribution in [2.45, 2.75) is 52.8 Å². The second-order valence-corrected chi connectivity index (χ2v) is 6.76. The van der Waals surface area contributed by atoms with Gasteiger partial charge in [0.05, 0.1) is 5.56 Å². The molecule has 1 aromatic rings. The molecule has 0 aromatic heterocycles. The van der Waals surface area contributed by atoms with E-state index in [-0.39, 0.29) is 5.41 Å². The largest absolute Gasteiger partial charge is 0.416 e. The minimum atomic E-state index is -4.27. The number of halogens is 3. The smallest absolute Gasteiger partial charge is 0.385 e. The number of alkyl halides is 3. The van der Waals surface area contributed by atoms with Crippen molar-refractivity contribution in [3.8, 4) is 0 Å². The van der Waals surface area contributed by atoms with Crippen LogP contribution in [0.15, 0.2) is 30.0 Å². The molecule has 0 spiro atoms. The van der Waals surface area contributed by atoms with Gasteiger partial charge in [0.15, 0.2) is 0 Å². The van der Waals surface area contributed by atoms with Crippen LogP contribution < -0.4 is 5.32 Å². The molecule has 1 aliphatic rings. The first kappa shape index (κ1) is 15.9. The highest BCUT2D eigenvalue weighted by atomic mass is 19.4. The van der Waals surface area contributed by atoms with E-state index in [1.54, 1.807) is 12.1 Å². The van der Waals surface area contributed by atoms with E-state index in [0.29, 0.717) is 6.04 Å². The number of nitrogens with one attached hydrogen (secondary N) is 1. The van der Waals surface area contributed by atoms with E-state index in [0.717, 1.165) is 41.8 Å². The summed E-state index contributed by atoms with van der Waals surface area (Å²) in [6.07, 6.45) is -2.38. The van der Waals surface area contributed by atoms with Gasteiger partial charge < -0.3 is 5.32 Å². The van der Waals surface area contributed by atoms with Crippen molar-refractivity contribution >= 4 is 5.57 Å². The van der Waals surface area contributed by atoms with Crippen LogP contribution in [-0.4, -0.2) is 6.04 Å². The average Bonchev–Trinajstić information content (AvgIpc) is 2.32. The third-order valence-electron chi connectivity index (χ3n) is 4.24. The van der Waals surface area contributed by atoms with Crippen molar-refractivity contribution < 1.29 is 13.2 Å². The molecule has 21 heavy (non-hydrogen) atoms. The maximum Gasteiger partial charge on any atom is 0.416 e. The summed E-state index contributed by atoms with van der Waals surface area (Å²) in [4.78, 5) is 0. The van der Waals surface area contributed by atoms with E-state index in [2.05, 4.69) is 33.0 Å². The van der Waals surface area contributed by atoms with Crippen molar-refractivity contribution in [1.82, 2.24) is 5.32 Å². The topological polar surface area (TPSA) is 12.0 Å². The Kier molecular flexibility index (Phi) is 4.09. The normalized spacial score (nSPS) is 17.5. The van der Waals surface area contributed by atoms with Crippen LogP contribution in [-0.2, 0) is 6.18 Å². The van der Waals surface area contributed by atoms with Gasteiger partial charge in [-0.1, -0.05) is 32.9 Å². The number of benzene rings is 1. The summed E-state index contributed by atoms with van der Waals surface area (Å²) in [7, 11) is 0. The van der Waals surface area contributed by atoms with E-state index in [9.17, 15) is 13.2 Å². The zero-order valence-electron chi connectivity index (χ0n) is 12.9. The molecule has 0 aliphatic heterocycles. The summed E-state index contributed by atoms with van der Waals surface area (Å²) in [6, 6.07) is 5.77. The lowest BCUT2D eigenvalue weighted by molar-refractivity contribution is -0.137. The van der Waals surface area contributed by atoms with Gasteiger partial charge >= 0.3 is 6.18 Å². The molecule has 1 unspecified atom stereocenters. The molecule has 0 fully saturated rings. The van der Waals surface area contributed by atoms with Gasteiger partial charge in [-0.15, -0.1) is 0 Å². The Bertz CT molecular complexity index is 533. The van der Waals surface area contributed by atoms with Gasteiger partial charge in [0, 0.05) is 11.7 Å². The molecule has 1 aromatic carbocycles. The first-order valence-electron chi connectivity index (χ1n) is 7.25. The molecule has 0 amide bonds. The Labute approximate surface area is 124 Å². The van der Waals surface area contributed by atoms with Crippen molar-refractivity contribution in [3.63, 3.8) is 0 Å². The van der Waals surface area contributed by atoms with Crippen LogP contribution in [0.25, 0.3) is 5.57 Å². The third-order valence-corrected chi connectivity index (χ3v) is 4.24. The molecule has 1 atom stereocenters. The fourth-order valence-electron chi connectivity index (χ4n) is 2.19. The molecule has 0 saturated heterocycles. The van der Waals surface area contributed by atoms with Crippen molar-refractivity contribution in [3.05, 3.63) is 41.1 Å². The zero-order chi connectivity index (χ0) is 15.8. The fraction of sp³-hybridized carbons (Fsp3) is 0.529. The van der Waals surface area contributed by atoms with E-state index in [1.165, 1.54) is 0 Å². The Hall–Kier alpha value is -1.45. The highest BCUT2D eigenvalue weighted by Gasteiger charge is 2.31. The van der Waals surface area contributed by atoms with Crippen LogP contribution in [0.5, 0.6) is 0 Å². The molecule has 0 saturated carbocycles. The van der Waals surface area contributed by atoms with Gasteiger partial charge in [0.1, 0.15) is 0 Å². The maximum absolute atomic E-state index is 12.6. The molecule has 1 nitrogen and oxygen atoms in total. The lowest BCUT2D eigenvalue weighted by Crippen LogP contribution is -2.39. The molecule has 0 radical (unpaired) electrons. The van der Waals surface area contributed by atoms with Gasteiger partial charge in [-0.2, -0.15) is 13.2 Å². The molecule has 2 rings (SSSR count). The lowest BCUT2D eigenvalue weighted by atomic mass is 9.84. The Balaban J connectivity index is 2.17. The number of rotatable bonds is 3. The van der Waals surface area contributed by atoms with E-state index >= 15 is 0 Å². The van der Waals surface area contributed by atoms with Crippen LogP contribution in [0.3, 0.4) is 0 Å². The molecular formula is C17H22F3N. The second-order valence-electron chi connectivity index (χ2n) is 6.76. The quantitative estimate of drug-likeness (QED) is 0.805. The SMILES string of the molecule is CC(NC1=C(c2ccc(C(F)(F)F)cc2)CC1)C(C)(C)C.